The molecule has 0 spiro atoms. The quantitative estimate of drug-likeness (QED) is 0.475. The Morgan fingerprint density at radius 1 is 1.36 bits per heavy atom. The molecule has 3 rings (SSSR count). The number of aryl methyl sites for hydroxylation is 2. The first-order chi connectivity index (χ1) is 13.6. The van der Waals surface area contributed by atoms with Gasteiger partial charge in [-0.3, -0.25) is 9.59 Å². The molecule has 2 aromatic heterocycles. The highest BCUT2D eigenvalue weighted by molar-refractivity contribution is 7.99. The van der Waals surface area contributed by atoms with Gasteiger partial charge in [0.25, 0.3) is 5.91 Å². The van der Waals surface area contributed by atoms with Crippen molar-refractivity contribution in [2.75, 3.05) is 31.3 Å². The Morgan fingerprint density at radius 3 is 2.96 bits per heavy atom. The molecule has 8 nitrogen and oxygen atoms in total. The number of thiophene rings is 1. The second-order valence-corrected chi connectivity index (χ2v) is 8.45. The van der Waals surface area contributed by atoms with Crippen LogP contribution in [-0.4, -0.2) is 52.6 Å². The van der Waals surface area contributed by atoms with Crippen molar-refractivity contribution < 1.29 is 14.3 Å². The van der Waals surface area contributed by atoms with E-state index in [2.05, 4.69) is 20.8 Å². The highest BCUT2D eigenvalue weighted by Gasteiger charge is 2.26. The van der Waals surface area contributed by atoms with Crippen LogP contribution >= 0.6 is 23.1 Å². The number of methoxy groups -OCH3 is 1. The number of fused-ring (bicyclic) bond motifs is 1. The monoisotopic (exact) mass is 423 g/mol. The van der Waals surface area contributed by atoms with Crippen molar-refractivity contribution in [2.45, 2.75) is 44.3 Å². The maximum absolute atomic E-state index is 12.7. The fourth-order valence-corrected chi connectivity index (χ4v) is 5.20. The van der Waals surface area contributed by atoms with Gasteiger partial charge in [0.1, 0.15) is 11.3 Å². The number of hydrogen-bond acceptors (Lipinski definition) is 7. The third kappa shape index (κ3) is 4.92. The Balaban J connectivity index is 1.70. The van der Waals surface area contributed by atoms with Crippen molar-refractivity contribution in [3.63, 3.8) is 0 Å². The SMILES string of the molecule is CCn1cnnc1SCC(=O)Nc1sc2c(c1C(=O)NCCOC)CCCC2. The van der Waals surface area contributed by atoms with Crippen LogP contribution in [0.1, 0.15) is 40.6 Å². The Kier molecular flexibility index (Phi) is 7.46. The zero-order valence-corrected chi connectivity index (χ0v) is 17.8. The smallest absolute Gasteiger partial charge is 0.254 e. The summed E-state index contributed by atoms with van der Waals surface area (Å²) >= 11 is 2.86. The van der Waals surface area contributed by atoms with Crippen molar-refractivity contribution in [2.24, 2.45) is 0 Å². The highest BCUT2D eigenvalue weighted by atomic mass is 32.2. The first kappa shape index (κ1) is 20.8. The van der Waals surface area contributed by atoms with Gasteiger partial charge >= 0.3 is 0 Å². The number of anilines is 1. The highest BCUT2D eigenvalue weighted by Crippen LogP contribution is 2.38. The lowest BCUT2D eigenvalue weighted by molar-refractivity contribution is -0.113. The van der Waals surface area contributed by atoms with Crippen LogP contribution in [0.4, 0.5) is 5.00 Å². The van der Waals surface area contributed by atoms with Crippen LogP contribution in [-0.2, 0) is 28.9 Å². The number of amides is 2. The second-order valence-electron chi connectivity index (χ2n) is 6.40. The molecule has 0 fully saturated rings. The molecule has 0 aromatic carbocycles. The summed E-state index contributed by atoms with van der Waals surface area (Å²) in [6, 6.07) is 0. The normalized spacial score (nSPS) is 13.2. The molecule has 0 atom stereocenters. The molecule has 0 bridgehead atoms. The molecule has 0 unspecified atom stereocenters. The number of aromatic nitrogens is 3. The lowest BCUT2D eigenvalue weighted by Gasteiger charge is -2.13. The van der Waals surface area contributed by atoms with Crippen LogP contribution in [0.5, 0.6) is 0 Å². The Hall–Kier alpha value is -1.91. The van der Waals surface area contributed by atoms with Gasteiger partial charge < -0.3 is 19.9 Å². The standard InChI is InChI=1S/C18H25N5O3S2/c1-3-23-11-20-22-18(23)27-10-14(24)21-17-15(16(25)19-8-9-26-2)12-6-4-5-7-13(12)28-17/h11H,3-10H2,1-2H3,(H,19,25)(H,21,24). The van der Waals surface area contributed by atoms with E-state index >= 15 is 0 Å². The van der Waals surface area contributed by atoms with Crippen molar-refractivity contribution in [1.29, 1.82) is 0 Å². The molecule has 0 aliphatic heterocycles. The third-order valence-electron chi connectivity index (χ3n) is 4.50. The fraction of sp³-hybridized carbons (Fsp3) is 0.556. The summed E-state index contributed by atoms with van der Waals surface area (Å²) < 4.78 is 6.89. The molecule has 0 saturated carbocycles. The number of thioether (sulfide) groups is 1. The van der Waals surface area contributed by atoms with E-state index in [1.165, 1.54) is 28.0 Å². The number of ether oxygens (including phenoxy) is 1. The summed E-state index contributed by atoms with van der Waals surface area (Å²) in [7, 11) is 1.60. The van der Waals surface area contributed by atoms with Crippen molar-refractivity contribution in [3.8, 4) is 0 Å². The van der Waals surface area contributed by atoms with E-state index in [0.717, 1.165) is 37.8 Å². The second kappa shape index (κ2) is 10.0. The average molecular weight is 424 g/mol. The molecule has 2 aromatic rings. The molecular weight excluding hydrogens is 398 g/mol. The van der Waals surface area contributed by atoms with Gasteiger partial charge in [-0.1, -0.05) is 11.8 Å². The third-order valence-corrected chi connectivity index (χ3v) is 6.68. The van der Waals surface area contributed by atoms with Gasteiger partial charge in [0, 0.05) is 25.1 Å². The van der Waals surface area contributed by atoms with Gasteiger partial charge in [0.15, 0.2) is 5.16 Å². The number of hydrogen-bond donors (Lipinski definition) is 2. The molecule has 1 aliphatic carbocycles. The number of rotatable bonds is 9. The lowest BCUT2D eigenvalue weighted by Crippen LogP contribution is -2.29. The van der Waals surface area contributed by atoms with E-state index in [4.69, 9.17) is 4.74 Å². The maximum Gasteiger partial charge on any atom is 0.254 e. The predicted octanol–water partition coefficient (Wildman–Crippen LogP) is 2.35. The molecule has 152 valence electrons. The first-order valence-electron chi connectivity index (χ1n) is 9.36. The van der Waals surface area contributed by atoms with Gasteiger partial charge in [0.2, 0.25) is 5.91 Å². The van der Waals surface area contributed by atoms with Gasteiger partial charge in [-0.25, -0.2) is 0 Å². The van der Waals surface area contributed by atoms with Crippen molar-refractivity contribution in [1.82, 2.24) is 20.1 Å². The van der Waals surface area contributed by atoms with Crippen molar-refractivity contribution >= 4 is 39.9 Å². The molecule has 2 amide bonds. The largest absolute Gasteiger partial charge is 0.383 e. The van der Waals surface area contributed by atoms with Crippen LogP contribution in [0.3, 0.4) is 0 Å². The average Bonchev–Trinajstić information content (AvgIpc) is 3.30. The summed E-state index contributed by atoms with van der Waals surface area (Å²) in [5, 5.41) is 15.1. The van der Waals surface area contributed by atoms with Gasteiger partial charge in [-0.2, -0.15) is 0 Å². The van der Waals surface area contributed by atoms with E-state index < -0.39 is 0 Å². The summed E-state index contributed by atoms with van der Waals surface area (Å²) in [6.45, 7) is 3.64. The van der Waals surface area contributed by atoms with Gasteiger partial charge in [0.05, 0.1) is 17.9 Å². The molecule has 2 N–H and O–H groups in total. The van der Waals surface area contributed by atoms with E-state index in [-0.39, 0.29) is 17.6 Å². The summed E-state index contributed by atoms with van der Waals surface area (Å²) in [6.07, 6.45) is 5.67. The van der Waals surface area contributed by atoms with E-state index in [9.17, 15) is 9.59 Å². The Labute approximate surface area is 172 Å². The topological polar surface area (TPSA) is 98.1 Å². The van der Waals surface area contributed by atoms with Gasteiger partial charge in [-0.15, -0.1) is 21.5 Å². The first-order valence-corrected chi connectivity index (χ1v) is 11.2. The molecule has 0 radical (unpaired) electrons. The predicted molar refractivity (Wildman–Crippen MR) is 110 cm³/mol. The number of nitrogens with zero attached hydrogens (tertiary/aromatic N) is 3. The van der Waals surface area contributed by atoms with E-state index in [1.807, 2.05) is 11.5 Å². The number of carbonyl (C=O) groups is 2. The fourth-order valence-electron chi connectivity index (χ4n) is 3.12. The van der Waals surface area contributed by atoms with Gasteiger partial charge in [-0.05, 0) is 38.2 Å². The van der Waals surface area contributed by atoms with Crippen molar-refractivity contribution in [3.05, 3.63) is 22.3 Å². The van der Waals surface area contributed by atoms with Crippen LogP contribution < -0.4 is 10.6 Å². The molecule has 28 heavy (non-hydrogen) atoms. The molecular formula is C18H25N5O3S2. The minimum Gasteiger partial charge on any atom is -0.383 e. The van der Waals surface area contributed by atoms with E-state index in [1.54, 1.807) is 13.4 Å². The number of carbonyl (C=O) groups excluding carboxylic acids is 2. The van der Waals surface area contributed by atoms with Crippen LogP contribution in [0.2, 0.25) is 0 Å². The number of nitrogens with one attached hydrogen (secondary N) is 2. The summed E-state index contributed by atoms with van der Waals surface area (Å²) in [5.41, 5.74) is 1.70. The molecule has 1 aliphatic rings. The minimum absolute atomic E-state index is 0.148. The van der Waals surface area contributed by atoms with Crippen LogP contribution in [0, 0.1) is 0 Å². The minimum atomic E-state index is -0.153. The lowest BCUT2D eigenvalue weighted by atomic mass is 9.95. The zero-order valence-electron chi connectivity index (χ0n) is 16.1. The summed E-state index contributed by atoms with van der Waals surface area (Å²) in [4.78, 5) is 26.5. The molecule has 0 saturated heterocycles. The maximum atomic E-state index is 12.7. The van der Waals surface area contributed by atoms with Crippen LogP contribution in [0.15, 0.2) is 11.5 Å². The molecule has 10 heteroatoms. The zero-order chi connectivity index (χ0) is 19.9. The van der Waals surface area contributed by atoms with Crippen LogP contribution in [0.25, 0.3) is 0 Å². The molecule has 2 heterocycles. The summed E-state index contributed by atoms with van der Waals surface area (Å²) in [5.74, 6) is -0.0863. The Bertz CT molecular complexity index is 833. The Morgan fingerprint density at radius 2 is 2.18 bits per heavy atom. The van der Waals surface area contributed by atoms with E-state index in [0.29, 0.717) is 28.9 Å².